The van der Waals surface area contributed by atoms with E-state index in [-0.39, 0.29) is 61.5 Å². The van der Waals surface area contributed by atoms with Crippen LogP contribution in [-0.2, 0) is 89.2 Å². The Bertz CT molecular complexity index is 3730. The Labute approximate surface area is 684 Å². The lowest BCUT2D eigenvalue weighted by molar-refractivity contribution is -0.295. The Hall–Kier alpha value is -7.52. The lowest BCUT2D eigenvalue weighted by atomic mass is 9.73. The number of aliphatic hydroxyl groups is 2. The summed E-state index contributed by atoms with van der Waals surface area (Å²) < 4.78 is 66.4. The van der Waals surface area contributed by atoms with Gasteiger partial charge in [-0.25, -0.2) is 19.6 Å². The molecule has 2 amide bonds. The summed E-state index contributed by atoms with van der Waals surface area (Å²) in [6.45, 7) is 29.9. The number of esters is 2. The third kappa shape index (κ3) is 20.1. The van der Waals surface area contributed by atoms with Gasteiger partial charge in [0.1, 0.15) is 47.8 Å². The van der Waals surface area contributed by atoms with E-state index in [1.54, 1.807) is 103 Å². The van der Waals surface area contributed by atoms with Gasteiger partial charge in [0.15, 0.2) is 35.3 Å². The summed E-state index contributed by atoms with van der Waals surface area (Å²) in [5, 5.41) is 22.9. The molecule has 6 saturated heterocycles. The molecule has 0 bridgehead atoms. The number of ether oxygens (including phenoxy) is 10. The number of pyridine rings is 2. The first-order valence-electron chi connectivity index (χ1n) is 41.5. The molecule has 644 valence electrons. The highest BCUT2D eigenvalue weighted by atomic mass is 16.7. The van der Waals surface area contributed by atoms with E-state index >= 15 is 0 Å². The SMILES string of the molecule is CC[C@H]1OC(=O)[C@H](C)C(=O)[C@H](C)[C@@H](O[C@@H]2O[C@H](C)C[C@H](N(C)C)[C@H]2O)[C@](C)(OC)C[C@@H](C)C(=O)[C@H](C)[C@H]2N(CCCCn3cnc(-c4cccnc4)c3)C(=O)O[C@]12C.CC[C@H]1OC(=O)[C@H](C)C(=O)[C@H](C)[C@@H](O[C@@H]2O[C@H](C)C[C@H](N(C)C)[C@H]2O)[C@](C)(OC)C[C@@H](C)C(=O)[C@H](C)[C@H]2N(CCCCn3cnc(-c4cccnc4)c3)C(=O)O[C@]12C. The first-order valence-corrected chi connectivity index (χ1v) is 41.5. The van der Waals surface area contributed by atoms with Crippen molar-refractivity contribution in [3.63, 3.8) is 0 Å². The monoisotopic (exact) mass is 1620 g/mol. The third-order valence-electron chi connectivity index (χ3n) is 25.6. The second kappa shape index (κ2) is 39.1. The number of ketones is 4. The zero-order valence-corrected chi connectivity index (χ0v) is 72.2. The van der Waals surface area contributed by atoms with Crippen molar-refractivity contribution in [3.8, 4) is 22.5 Å². The van der Waals surface area contributed by atoms with Crippen LogP contribution >= 0.6 is 0 Å². The fourth-order valence-corrected chi connectivity index (χ4v) is 18.9. The fraction of sp³-hybridized carbons (Fsp3) is 0.721. The van der Waals surface area contributed by atoms with Crippen LogP contribution in [0.4, 0.5) is 9.59 Å². The highest BCUT2D eigenvalue weighted by Crippen LogP contribution is 2.47. The number of aryl methyl sites for hydroxylation is 2. The first kappa shape index (κ1) is 92.4. The molecule has 0 spiro atoms. The van der Waals surface area contributed by atoms with Crippen LogP contribution in [-0.4, -0.2) is 270 Å². The van der Waals surface area contributed by atoms with Crippen molar-refractivity contribution in [1.82, 2.24) is 48.7 Å². The van der Waals surface area contributed by atoms with Crippen LogP contribution in [0.25, 0.3) is 22.5 Å². The smallest absolute Gasteiger partial charge is 0.410 e. The molecule has 30 nitrogen and oxygen atoms in total. The number of nitrogens with zero attached hydrogens (tertiary/aromatic N) is 10. The molecular weight excluding hydrogens is 1490 g/mol. The van der Waals surface area contributed by atoms with Gasteiger partial charge in [0.25, 0.3) is 0 Å². The van der Waals surface area contributed by atoms with Gasteiger partial charge in [0.05, 0.1) is 71.7 Å². The summed E-state index contributed by atoms with van der Waals surface area (Å²) in [4.78, 5) is 138. The maximum absolute atomic E-state index is 14.7. The molecule has 26 atom stereocenters. The molecule has 0 aromatic carbocycles. The minimum Gasteiger partial charge on any atom is -0.458 e. The van der Waals surface area contributed by atoms with Gasteiger partial charge in [0.2, 0.25) is 0 Å². The summed E-state index contributed by atoms with van der Waals surface area (Å²) in [6.07, 6.45) is 8.91. The standard InChI is InChI=1S/2C43H65N5O10/c2*1-12-33-43(8)37(48(41(53)58-43)19-14-13-18-47-23-31(45-24-47)30-16-15-17-44-22-30)27(4)34(49)25(2)21-42(7,54-11)38(28(5)35(50)29(6)39(52)56-33)57-40-36(51)32(46(9)10)20-26(3)55-40/h2*15-17,22-29,32-33,36-38,40,51H,12-14,18-21H2,1-11H3/t2*25-,26-,27+,28+,29-,32+,33-,36-,37-,38-,40+,42-,43-/m11/s1. The number of rotatable bonds is 22. The molecular formula is C86H130N10O20. The molecule has 4 aromatic heterocycles. The van der Waals surface area contributed by atoms with Crippen molar-refractivity contribution in [1.29, 1.82) is 0 Å². The predicted molar refractivity (Wildman–Crippen MR) is 429 cm³/mol. The molecule has 0 unspecified atom stereocenters. The van der Waals surface area contributed by atoms with Crippen LogP contribution in [0.15, 0.2) is 74.1 Å². The summed E-state index contributed by atoms with van der Waals surface area (Å²) in [5.41, 5.74) is -1.88. The van der Waals surface area contributed by atoms with Gasteiger partial charge in [-0.2, -0.15) is 0 Å². The average Bonchev–Trinajstić information content (AvgIpc) is 1.59. The number of hydrogen-bond acceptors (Lipinski definition) is 26. The predicted octanol–water partition coefficient (Wildman–Crippen LogP) is 9.86. The molecule has 4 aromatic rings. The van der Waals surface area contributed by atoms with E-state index in [0.717, 1.165) is 22.5 Å². The number of hydrogen-bond donors (Lipinski definition) is 2. The van der Waals surface area contributed by atoms with Crippen LogP contribution < -0.4 is 0 Å². The Kier molecular flexibility index (Phi) is 31.2. The lowest BCUT2D eigenvalue weighted by Crippen LogP contribution is -2.60. The van der Waals surface area contributed by atoms with Crippen LogP contribution in [0.2, 0.25) is 0 Å². The zero-order chi connectivity index (χ0) is 85.4. The average molecular weight is 1620 g/mol. The number of carbonyl (C=O) groups is 8. The number of amides is 2. The van der Waals surface area contributed by atoms with Gasteiger partial charge in [0, 0.05) is 136 Å². The van der Waals surface area contributed by atoms with Crippen molar-refractivity contribution >= 4 is 47.3 Å². The van der Waals surface area contributed by atoms with Crippen molar-refractivity contribution in [3.05, 3.63) is 74.1 Å². The number of fused-ring (bicyclic) bond motifs is 2. The topological polar surface area (TPSA) is 344 Å². The van der Waals surface area contributed by atoms with E-state index in [1.807, 2.05) is 125 Å². The highest BCUT2D eigenvalue weighted by Gasteiger charge is 2.63. The van der Waals surface area contributed by atoms with Crippen LogP contribution in [0.5, 0.6) is 0 Å². The number of aliphatic hydroxyl groups excluding tert-OH is 2. The van der Waals surface area contributed by atoms with Gasteiger partial charge in [-0.05, 0) is 172 Å². The molecule has 10 heterocycles. The number of imidazole rings is 2. The van der Waals surface area contributed by atoms with Gasteiger partial charge < -0.3 is 86.3 Å². The van der Waals surface area contributed by atoms with Crippen LogP contribution in [0.1, 0.15) is 175 Å². The van der Waals surface area contributed by atoms with Crippen molar-refractivity contribution in [2.24, 2.45) is 47.3 Å². The maximum atomic E-state index is 14.7. The van der Waals surface area contributed by atoms with Crippen molar-refractivity contribution in [2.45, 2.75) is 296 Å². The van der Waals surface area contributed by atoms with Crippen LogP contribution in [0, 0.1) is 47.3 Å². The van der Waals surface area contributed by atoms with Gasteiger partial charge in [-0.1, -0.05) is 55.4 Å². The van der Waals surface area contributed by atoms with E-state index in [0.29, 0.717) is 64.7 Å². The molecule has 6 aliphatic heterocycles. The number of cyclic esters (lactones) is 2. The number of carbonyl (C=O) groups excluding carboxylic acids is 8. The maximum Gasteiger partial charge on any atom is 0.410 e. The minimum atomic E-state index is -1.40. The highest BCUT2D eigenvalue weighted by molar-refractivity contribution is 6.01. The first-order chi connectivity index (χ1) is 54.7. The number of aromatic nitrogens is 6. The van der Waals surface area contributed by atoms with Crippen LogP contribution in [0.3, 0.4) is 0 Å². The van der Waals surface area contributed by atoms with Gasteiger partial charge in [-0.3, -0.25) is 38.7 Å². The Balaban J connectivity index is 0.000000265. The normalized spacial score (nSPS) is 36.7. The lowest BCUT2D eigenvalue weighted by Gasteiger charge is -2.47. The molecule has 10 rings (SSSR count). The van der Waals surface area contributed by atoms with Crippen molar-refractivity contribution < 1.29 is 95.9 Å². The van der Waals surface area contributed by atoms with E-state index in [2.05, 4.69) is 19.9 Å². The third-order valence-corrected chi connectivity index (χ3v) is 25.6. The largest absolute Gasteiger partial charge is 0.458 e. The summed E-state index contributed by atoms with van der Waals surface area (Å²) in [5.74, 6) is -9.90. The van der Waals surface area contributed by atoms with E-state index in [4.69, 9.17) is 47.4 Å². The van der Waals surface area contributed by atoms with Crippen molar-refractivity contribution in [2.75, 3.05) is 55.5 Å². The Morgan fingerprint density at radius 3 is 1.18 bits per heavy atom. The van der Waals surface area contributed by atoms with E-state index in [1.165, 1.54) is 28.1 Å². The summed E-state index contributed by atoms with van der Waals surface area (Å²) >= 11 is 0. The summed E-state index contributed by atoms with van der Waals surface area (Å²) in [7, 11) is 10.5. The number of Topliss-reactive ketones (excluding diaryl/α,β-unsaturated/α-hetero) is 4. The fourth-order valence-electron chi connectivity index (χ4n) is 18.9. The Morgan fingerprint density at radius 1 is 0.509 bits per heavy atom. The minimum absolute atomic E-state index is 0.130. The quantitative estimate of drug-likeness (QED) is 0.0320. The zero-order valence-electron chi connectivity index (χ0n) is 72.2. The summed E-state index contributed by atoms with van der Waals surface area (Å²) in [6, 6.07) is 5.49. The number of methoxy groups -OCH3 is 2. The van der Waals surface area contributed by atoms with E-state index in [9.17, 15) is 48.6 Å². The van der Waals surface area contributed by atoms with Gasteiger partial charge >= 0.3 is 24.1 Å². The Morgan fingerprint density at radius 2 is 0.862 bits per heavy atom. The van der Waals surface area contributed by atoms with Gasteiger partial charge in [-0.15, -0.1) is 0 Å². The molecule has 6 fully saturated rings. The molecule has 116 heavy (non-hydrogen) atoms. The molecule has 6 aliphatic rings. The van der Waals surface area contributed by atoms with E-state index < -0.39 is 167 Å². The second-order valence-electron chi connectivity index (χ2n) is 34.6. The molecule has 0 saturated carbocycles. The molecule has 30 heteroatoms. The molecule has 0 radical (unpaired) electrons. The number of likely N-dealkylation sites (N-methyl/N-ethyl adjacent to an activating group) is 2. The number of unbranched alkanes of at least 4 members (excludes halogenated alkanes) is 2. The molecule has 2 N–H and O–H groups in total. The molecule has 0 aliphatic carbocycles. The second-order valence-corrected chi connectivity index (χ2v) is 34.6.